The first-order valence-corrected chi connectivity index (χ1v) is 4.56. The van der Waals surface area contributed by atoms with Crippen LogP contribution in [0.3, 0.4) is 0 Å². The molecular formula is C11H14N. The highest BCUT2D eigenvalue weighted by atomic mass is 14.9. The van der Waals surface area contributed by atoms with Crippen molar-refractivity contribution in [2.24, 2.45) is 0 Å². The van der Waals surface area contributed by atoms with Gasteiger partial charge in [-0.05, 0) is 30.4 Å². The molecule has 1 unspecified atom stereocenters. The average molecular weight is 160 g/mol. The first-order valence-electron chi connectivity index (χ1n) is 4.56. The Hall–Kier alpha value is -0.820. The average Bonchev–Trinajstić information content (AvgIpc) is 2.57. The zero-order valence-corrected chi connectivity index (χ0v) is 7.46. The van der Waals surface area contributed by atoms with Crippen molar-refractivity contribution in [2.75, 3.05) is 13.1 Å². The second-order valence-electron chi connectivity index (χ2n) is 3.47. The van der Waals surface area contributed by atoms with Gasteiger partial charge in [-0.15, -0.1) is 0 Å². The molecule has 0 aliphatic carbocycles. The Morgan fingerprint density at radius 3 is 2.83 bits per heavy atom. The van der Waals surface area contributed by atoms with Gasteiger partial charge in [0.05, 0.1) is 0 Å². The summed E-state index contributed by atoms with van der Waals surface area (Å²) in [6, 6.07) is 8.65. The van der Waals surface area contributed by atoms with Gasteiger partial charge in [0.25, 0.3) is 0 Å². The highest BCUT2D eigenvalue weighted by Gasteiger charge is 2.18. The second kappa shape index (κ2) is 3.28. The summed E-state index contributed by atoms with van der Waals surface area (Å²) in [5.41, 5.74) is 2.92. The molecule has 1 aromatic rings. The SMILES string of the molecule is Cc1ccccc1C1CC[N]C1. The molecule has 1 saturated heterocycles. The van der Waals surface area contributed by atoms with E-state index in [9.17, 15) is 0 Å². The van der Waals surface area contributed by atoms with E-state index in [4.69, 9.17) is 0 Å². The van der Waals surface area contributed by atoms with Crippen LogP contribution in [0, 0.1) is 6.92 Å². The topological polar surface area (TPSA) is 14.1 Å². The summed E-state index contributed by atoms with van der Waals surface area (Å²) in [6.45, 7) is 4.28. The molecular weight excluding hydrogens is 146 g/mol. The summed E-state index contributed by atoms with van der Waals surface area (Å²) in [4.78, 5) is 0. The van der Waals surface area contributed by atoms with Crippen LogP contribution >= 0.6 is 0 Å². The van der Waals surface area contributed by atoms with E-state index in [1.54, 1.807) is 0 Å². The van der Waals surface area contributed by atoms with Crippen molar-refractivity contribution in [2.45, 2.75) is 19.3 Å². The Morgan fingerprint density at radius 1 is 1.33 bits per heavy atom. The van der Waals surface area contributed by atoms with Crippen LogP contribution in [0.1, 0.15) is 23.5 Å². The number of benzene rings is 1. The Morgan fingerprint density at radius 2 is 2.17 bits per heavy atom. The fourth-order valence-corrected chi connectivity index (χ4v) is 1.88. The molecule has 12 heavy (non-hydrogen) atoms. The van der Waals surface area contributed by atoms with Gasteiger partial charge >= 0.3 is 0 Å². The van der Waals surface area contributed by atoms with Crippen LogP contribution in [-0.2, 0) is 0 Å². The molecule has 1 aliphatic heterocycles. The summed E-state index contributed by atoms with van der Waals surface area (Å²) in [7, 11) is 0. The number of aryl methyl sites for hydroxylation is 1. The van der Waals surface area contributed by atoms with E-state index in [0.29, 0.717) is 5.92 Å². The minimum atomic E-state index is 0.700. The Labute approximate surface area is 73.8 Å². The summed E-state index contributed by atoms with van der Waals surface area (Å²) in [6.07, 6.45) is 1.24. The highest BCUT2D eigenvalue weighted by Crippen LogP contribution is 2.25. The quantitative estimate of drug-likeness (QED) is 0.597. The van der Waals surface area contributed by atoms with Gasteiger partial charge in [-0.3, -0.25) is 0 Å². The molecule has 0 amide bonds. The first-order chi connectivity index (χ1) is 5.88. The zero-order valence-electron chi connectivity index (χ0n) is 7.46. The van der Waals surface area contributed by atoms with Crippen molar-refractivity contribution < 1.29 is 0 Å². The molecule has 1 atom stereocenters. The van der Waals surface area contributed by atoms with E-state index >= 15 is 0 Å². The fourth-order valence-electron chi connectivity index (χ4n) is 1.88. The van der Waals surface area contributed by atoms with Gasteiger partial charge in [0.1, 0.15) is 0 Å². The lowest BCUT2D eigenvalue weighted by Crippen LogP contribution is -2.02. The summed E-state index contributed by atoms with van der Waals surface area (Å²) in [5, 5.41) is 4.38. The molecule has 0 saturated carbocycles. The zero-order chi connectivity index (χ0) is 8.39. The lowest BCUT2D eigenvalue weighted by Gasteiger charge is -2.10. The van der Waals surface area contributed by atoms with Gasteiger partial charge < -0.3 is 0 Å². The molecule has 0 bridgehead atoms. The minimum absolute atomic E-state index is 0.700. The van der Waals surface area contributed by atoms with Crippen LogP contribution in [0.15, 0.2) is 24.3 Å². The lowest BCUT2D eigenvalue weighted by molar-refractivity contribution is 0.753. The molecule has 1 heteroatoms. The molecule has 1 heterocycles. The molecule has 1 aromatic carbocycles. The summed E-state index contributed by atoms with van der Waals surface area (Å²) in [5.74, 6) is 0.700. The lowest BCUT2D eigenvalue weighted by atomic mass is 9.94. The highest BCUT2D eigenvalue weighted by molar-refractivity contribution is 5.29. The number of nitrogens with zero attached hydrogens (tertiary/aromatic N) is 1. The molecule has 0 N–H and O–H groups in total. The fraction of sp³-hybridized carbons (Fsp3) is 0.455. The van der Waals surface area contributed by atoms with Crippen molar-refractivity contribution in [3.8, 4) is 0 Å². The van der Waals surface area contributed by atoms with Gasteiger partial charge in [0.2, 0.25) is 0 Å². The van der Waals surface area contributed by atoms with Crippen LogP contribution in [0.4, 0.5) is 0 Å². The summed E-state index contributed by atoms with van der Waals surface area (Å²) >= 11 is 0. The third kappa shape index (κ3) is 1.37. The normalized spacial score (nSPS) is 22.9. The van der Waals surface area contributed by atoms with Gasteiger partial charge in [0.15, 0.2) is 0 Å². The Balaban J connectivity index is 2.26. The molecule has 1 fully saturated rings. The van der Waals surface area contributed by atoms with E-state index < -0.39 is 0 Å². The molecule has 1 radical (unpaired) electrons. The van der Waals surface area contributed by atoms with E-state index in [1.165, 1.54) is 17.5 Å². The van der Waals surface area contributed by atoms with E-state index in [2.05, 4.69) is 36.5 Å². The van der Waals surface area contributed by atoms with Crippen LogP contribution in [0.2, 0.25) is 0 Å². The van der Waals surface area contributed by atoms with Crippen LogP contribution < -0.4 is 5.32 Å². The molecule has 1 nitrogen and oxygen atoms in total. The predicted molar refractivity (Wildman–Crippen MR) is 50.4 cm³/mol. The van der Waals surface area contributed by atoms with Gasteiger partial charge in [-0.2, -0.15) is 0 Å². The van der Waals surface area contributed by atoms with Crippen LogP contribution in [0.25, 0.3) is 0 Å². The molecule has 63 valence electrons. The molecule has 2 rings (SSSR count). The number of hydrogen-bond acceptors (Lipinski definition) is 0. The third-order valence-electron chi connectivity index (χ3n) is 2.61. The maximum absolute atomic E-state index is 4.38. The minimum Gasteiger partial charge on any atom is -0.241 e. The van der Waals surface area contributed by atoms with Crippen LogP contribution in [-0.4, -0.2) is 13.1 Å². The number of rotatable bonds is 1. The van der Waals surface area contributed by atoms with E-state index in [0.717, 1.165) is 13.1 Å². The van der Waals surface area contributed by atoms with E-state index in [1.807, 2.05) is 0 Å². The Kier molecular flexibility index (Phi) is 2.13. The summed E-state index contributed by atoms with van der Waals surface area (Å²) < 4.78 is 0. The van der Waals surface area contributed by atoms with Crippen molar-refractivity contribution in [1.82, 2.24) is 5.32 Å². The molecule has 1 aliphatic rings. The largest absolute Gasteiger partial charge is 0.241 e. The van der Waals surface area contributed by atoms with Crippen molar-refractivity contribution >= 4 is 0 Å². The smallest absolute Gasteiger partial charge is 0.0202 e. The monoisotopic (exact) mass is 160 g/mol. The molecule has 0 aromatic heterocycles. The van der Waals surface area contributed by atoms with Crippen molar-refractivity contribution in [3.63, 3.8) is 0 Å². The molecule has 0 spiro atoms. The van der Waals surface area contributed by atoms with Crippen molar-refractivity contribution in [1.29, 1.82) is 0 Å². The standard InChI is InChI=1S/C11H14N/c1-9-4-2-3-5-11(9)10-6-7-12-8-10/h2-5,10H,6-8H2,1H3. The third-order valence-corrected chi connectivity index (χ3v) is 2.61. The van der Waals surface area contributed by atoms with E-state index in [-0.39, 0.29) is 0 Å². The van der Waals surface area contributed by atoms with Gasteiger partial charge in [-0.1, -0.05) is 24.3 Å². The maximum Gasteiger partial charge on any atom is 0.0202 e. The van der Waals surface area contributed by atoms with Crippen molar-refractivity contribution in [3.05, 3.63) is 35.4 Å². The van der Waals surface area contributed by atoms with Gasteiger partial charge in [-0.25, -0.2) is 5.32 Å². The maximum atomic E-state index is 4.38. The number of hydrogen-bond donors (Lipinski definition) is 0. The van der Waals surface area contributed by atoms with Crippen LogP contribution in [0.5, 0.6) is 0 Å². The van der Waals surface area contributed by atoms with Gasteiger partial charge in [0, 0.05) is 13.1 Å². The first kappa shape index (κ1) is 7.81. The Bertz CT molecular complexity index is 261. The predicted octanol–water partition coefficient (Wildman–Crippen LogP) is 2.09. The second-order valence-corrected chi connectivity index (χ2v) is 3.47.